The standard InChI is InChI=1S/C34H51NO11/c1-3-4-5-6-9-14-26(36)18-19-28-27(29(37)24-30(28)38)15-10-7-8-11-16-33(39)46-31-20-17-25(23-32(31)43-2)34(40)44-21-12-13-22-45-35(41)42/h7,10,17,20,23,27-30,37-38H,3-6,8-9,11-16,18-19,21-22,24H2,1-2H3/t27-,28-,29+,30-/m1/s1. The van der Waals surface area contributed by atoms with Gasteiger partial charge in [-0.25, -0.2) is 4.79 Å². The number of aliphatic hydroxyl groups excluding tert-OH is 2. The fourth-order valence-corrected chi connectivity index (χ4v) is 5.66. The van der Waals surface area contributed by atoms with Crippen LogP contribution >= 0.6 is 0 Å². The molecule has 1 aliphatic carbocycles. The van der Waals surface area contributed by atoms with Gasteiger partial charge in [-0.3, -0.25) is 9.59 Å². The number of allylic oxidation sites excluding steroid dienone is 2. The quantitative estimate of drug-likeness (QED) is 0.0339. The molecule has 0 aliphatic heterocycles. The van der Waals surface area contributed by atoms with E-state index in [-0.39, 0.29) is 54.3 Å². The number of ether oxygens (including phenoxy) is 3. The SMILES string of the molecule is CCCCCCCC(=O)CC[C@@H]1[C@@H](CC=CCCCC(=O)Oc2ccc(C(=O)OCCCCO[N+](=O)[O-])cc2OC)[C@@H](O)C[C@H]1O. The number of carbonyl (C=O) groups is 3. The van der Waals surface area contributed by atoms with Crippen molar-refractivity contribution in [1.82, 2.24) is 0 Å². The molecule has 4 atom stereocenters. The van der Waals surface area contributed by atoms with E-state index in [9.17, 15) is 34.7 Å². The minimum absolute atomic E-state index is 0.0670. The first kappa shape index (κ1) is 38.7. The summed E-state index contributed by atoms with van der Waals surface area (Å²) >= 11 is 0. The third-order valence-electron chi connectivity index (χ3n) is 8.26. The molecule has 1 aromatic rings. The Bertz CT molecular complexity index is 1120. The highest BCUT2D eigenvalue weighted by atomic mass is 16.9. The number of ketones is 1. The highest BCUT2D eigenvalue weighted by molar-refractivity contribution is 5.90. The van der Waals surface area contributed by atoms with Crippen LogP contribution in [0, 0.1) is 22.0 Å². The van der Waals surface area contributed by atoms with Gasteiger partial charge in [0.05, 0.1) is 38.1 Å². The van der Waals surface area contributed by atoms with Crippen molar-refractivity contribution >= 4 is 17.7 Å². The van der Waals surface area contributed by atoms with Crippen LogP contribution in [0.3, 0.4) is 0 Å². The molecule has 2 N–H and O–H groups in total. The first-order chi connectivity index (χ1) is 22.2. The zero-order chi connectivity index (χ0) is 33.7. The first-order valence-electron chi connectivity index (χ1n) is 16.5. The van der Waals surface area contributed by atoms with Crippen LogP contribution in [0.4, 0.5) is 0 Å². The molecule has 0 radical (unpaired) electrons. The Balaban J connectivity index is 1.71. The Morgan fingerprint density at radius 1 is 0.913 bits per heavy atom. The maximum absolute atomic E-state index is 12.4. The minimum Gasteiger partial charge on any atom is -0.493 e. The van der Waals surface area contributed by atoms with Crippen molar-refractivity contribution < 1.29 is 48.7 Å². The van der Waals surface area contributed by atoms with Gasteiger partial charge >= 0.3 is 11.9 Å². The van der Waals surface area contributed by atoms with E-state index in [2.05, 4.69) is 11.8 Å². The number of rotatable bonds is 24. The predicted octanol–water partition coefficient (Wildman–Crippen LogP) is 5.93. The number of nitrogens with zero attached hydrogens (tertiary/aromatic N) is 1. The lowest BCUT2D eigenvalue weighted by molar-refractivity contribution is -0.757. The summed E-state index contributed by atoms with van der Waals surface area (Å²) in [5.41, 5.74) is 0.204. The fraction of sp³-hybridized carbons (Fsp3) is 0.676. The van der Waals surface area contributed by atoms with Crippen LogP contribution in [0.5, 0.6) is 11.5 Å². The summed E-state index contributed by atoms with van der Waals surface area (Å²) in [6.07, 6.45) is 12.9. The van der Waals surface area contributed by atoms with E-state index < -0.39 is 29.2 Å². The van der Waals surface area contributed by atoms with Gasteiger partial charge in [-0.15, -0.1) is 10.1 Å². The number of Topliss-reactive ketones (excluding diaryl/α,β-unsaturated/α-hetero) is 1. The summed E-state index contributed by atoms with van der Waals surface area (Å²) in [4.78, 5) is 51.4. The molecule has 12 nitrogen and oxygen atoms in total. The van der Waals surface area contributed by atoms with Crippen molar-refractivity contribution in [2.45, 2.75) is 115 Å². The molecule has 1 aliphatic rings. The van der Waals surface area contributed by atoms with Crippen LogP contribution in [-0.2, 0) is 19.2 Å². The van der Waals surface area contributed by atoms with Crippen LogP contribution in [0.15, 0.2) is 30.4 Å². The Morgan fingerprint density at radius 3 is 2.39 bits per heavy atom. The van der Waals surface area contributed by atoms with Crippen LogP contribution in [0.1, 0.15) is 114 Å². The Morgan fingerprint density at radius 2 is 1.65 bits per heavy atom. The van der Waals surface area contributed by atoms with Gasteiger partial charge in [-0.05, 0) is 81.4 Å². The van der Waals surface area contributed by atoms with Crippen molar-refractivity contribution in [3.63, 3.8) is 0 Å². The molecule has 0 bridgehead atoms. The van der Waals surface area contributed by atoms with Crippen LogP contribution in [-0.4, -0.2) is 65.6 Å². The van der Waals surface area contributed by atoms with Crippen LogP contribution < -0.4 is 9.47 Å². The molecule has 258 valence electrons. The van der Waals surface area contributed by atoms with Gasteiger partial charge in [0, 0.05) is 19.3 Å². The smallest absolute Gasteiger partial charge is 0.338 e. The van der Waals surface area contributed by atoms with Crippen molar-refractivity contribution in [3.05, 3.63) is 46.0 Å². The van der Waals surface area contributed by atoms with Crippen molar-refractivity contribution in [2.24, 2.45) is 11.8 Å². The maximum atomic E-state index is 12.4. The Kier molecular flexibility index (Phi) is 18.6. The summed E-state index contributed by atoms with van der Waals surface area (Å²) in [7, 11) is 1.39. The first-order valence-corrected chi connectivity index (χ1v) is 16.5. The second-order valence-electron chi connectivity index (χ2n) is 11.8. The zero-order valence-electron chi connectivity index (χ0n) is 27.2. The second-order valence-corrected chi connectivity index (χ2v) is 11.8. The molecule has 0 heterocycles. The largest absolute Gasteiger partial charge is 0.493 e. The second kappa shape index (κ2) is 22.1. The number of methoxy groups -OCH3 is 1. The molecule has 1 saturated carbocycles. The van der Waals surface area contributed by atoms with Gasteiger partial charge in [-0.1, -0.05) is 44.8 Å². The third kappa shape index (κ3) is 14.7. The van der Waals surface area contributed by atoms with Crippen LogP contribution in [0.2, 0.25) is 0 Å². The summed E-state index contributed by atoms with van der Waals surface area (Å²) in [5, 5.41) is 30.3. The summed E-state index contributed by atoms with van der Waals surface area (Å²) in [6.45, 7) is 2.15. The number of hydrogen-bond acceptors (Lipinski definition) is 11. The number of aliphatic hydroxyl groups is 2. The van der Waals surface area contributed by atoms with Gasteiger partial charge < -0.3 is 29.3 Å². The lowest BCUT2D eigenvalue weighted by Gasteiger charge is -2.22. The van der Waals surface area contributed by atoms with E-state index in [0.29, 0.717) is 57.8 Å². The molecule has 1 fully saturated rings. The average Bonchev–Trinajstić information content (AvgIpc) is 3.30. The van der Waals surface area contributed by atoms with Gasteiger partial charge in [0.2, 0.25) is 0 Å². The molecule has 0 saturated heterocycles. The molecule has 0 unspecified atom stereocenters. The normalized spacial score (nSPS) is 19.2. The molecule has 0 aromatic heterocycles. The Hall–Kier alpha value is -3.51. The molecule has 12 heteroatoms. The predicted molar refractivity (Wildman–Crippen MR) is 170 cm³/mol. The van der Waals surface area contributed by atoms with Gasteiger partial charge in [-0.2, -0.15) is 0 Å². The van der Waals surface area contributed by atoms with Crippen molar-refractivity contribution in [2.75, 3.05) is 20.3 Å². The summed E-state index contributed by atoms with van der Waals surface area (Å²) < 4.78 is 15.9. The third-order valence-corrected chi connectivity index (χ3v) is 8.26. The van der Waals surface area contributed by atoms with Gasteiger partial charge in [0.15, 0.2) is 11.5 Å². The van der Waals surface area contributed by atoms with E-state index in [0.717, 1.165) is 19.3 Å². The highest BCUT2D eigenvalue weighted by Crippen LogP contribution is 2.38. The monoisotopic (exact) mass is 649 g/mol. The number of carbonyl (C=O) groups excluding carboxylic acids is 3. The van der Waals surface area contributed by atoms with E-state index in [1.165, 1.54) is 38.2 Å². The van der Waals surface area contributed by atoms with Gasteiger partial charge in [0.25, 0.3) is 5.09 Å². The molecular formula is C34H51NO11. The molecule has 1 aromatic carbocycles. The molecule has 0 amide bonds. The number of hydrogen-bond donors (Lipinski definition) is 2. The number of benzene rings is 1. The summed E-state index contributed by atoms with van der Waals surface area (Å²) in [5.74, 6) is -0.667. The average molecular weight is 650 g/mol. The summed E-state index contributed by atoms with van der Waals surface area (Å²) in [6, 6.07) is 4.32. The lowest BCUT2D eigenvalue weighted by Crippen LogP contribution is -2.22. The maximum Gasteiger partial charge on any atom is 0.338 e. The van der Waals surface area contributed by atoms with E-state index in [1.807, 2.05) is 12.2 Å². The molecule has 2 rings (SSSR count). The van der Waals surface area contributed by atoms with Crippen molar-refractivity contribution in [3.8, 4) is 11.5 Å². The molecular weight excluding hydrogens is 598 g/mol. The topological polar surface area (TPSA) is 172 Å². The zero-order valence-corrected chi connectivity index (χ0v) is 27.2. The molecule has 0 spiro atoms. The van der Waals surface area contributed by atoms with Crippen LogP contribution in [0.25, 0.3) is 0 Å². The van der Waals surface area contributed by atoms with Crippen molar-refractivity contribution in [1.29, 1.82) is 0 Å². The fourth-order valence-electron chi connectivity index (χ4n) is 5.66. The number of esters is 2. The lowest BCUT2D eigenvalue weighted by atomic mass is 9.86. The number of unbranched alkanes of at least 4 members (excludes halogenated alkanes) is 6. The van der Waals surface area contributed by atoms with E-state index in [4.69, 9.17) is 14.2 Å². The Labute approximate surface area is 271 Å². The van der Waals surface area contributed by atoms with Gasteiger partial charge in [0.1, 0.15) is 5.78 Å². The minimum atomic E-state index is -0.874. The van der Waals surface area contributed by atoms with E-state index >= 15 is 0 Å². The highest BCUT2D eigenvalue weighted by Gasteiger charge is 2.40. The van der Waals surface area contributed by atoms with E-state index in [1.54, 1.807) is 0 Å². The molecule has 46 heavy (non-hydrogen) atoms.